The predicted octanol–water partition coefficient (Wildman–Crippen LogP) is 5.02. The number of aryl methyl sites for hydroxylation is 2. The lowest BCUT2D eigenvalue weighted by molar-refractivity contribution is -0.119. The Hall–Kier alpha value is -3.16. The number of amides is 1. The van der Waals surface area contributed by atoms with Crippen LogP contribution in [0.1, 0.15) is 35.4 Å². The lowest BCUT2D eigenvalue weighted by Gasteiger charge is -2.14. The summed E-state index contributed by atoms with van der Waals surface area (Å²) < 4.78 is 7.71. The van der Waals surface area contributed by atoms with E-state index in [1.807, 2.05) is 0 Å². The summed E-state index contributed by atoms with van der Waals surface area (Å²) in [5, 5.41) is 15.2. The normalized spacial score (nSPS) is 15.5. The molecule has 1 N–H and O–H groups in total. The quantitative estimate of drug-likeness (QED) is 0.354. The van der Waals surface area contributed by atoms with Crippen LogP contribution in [0.25, 0.3) is 16.5 Å². The Morgan fingerprint density at radius 3 is 2.80 bits per heavy atom. The zero-order valence-corrected chi connectivity index (χ0v) is 21.0. The number of carbonyl (C=O) groups excluding carboxylic acids is 1. The van der Waals surface area contributed by atoms with Gasteiger partial charge in [-0.1, -0.05) is 71.9 Å². The van der Waals surface area contributed by atoms with Crippen molar-refractivity contribution in [2.75, 3.05) is 18.9 Å². The number of fused-ring (bicyclic) bond motifs is 1. The van der Waals surface area contributed by atoms with Crippen molar-refractivity contribution < 1.29 is 9.53 Å². The standard InChI is InChI=1S/C28H30N4O2S/c1-19-12-13-25(20(2)15-19)32-26(16-22-9-5-8-21-7-3-4-11-24(21)22)30-31-28(32)35-18-27(33)29-17-23-10-6-14-34-23/h3-5,7-9,11-13,15,23H,6,10,14,16-18H2,1-2H3,(H,29,33). The maximum atomic E-state index is 12.5. The smallest absolute Gasteiger partial charge is 0.230 e. The van der Waals surface area contributed by atoms with Gasteiger partial charge in [0.25, 0.3) is 0 Å². The summed E-state index contributed by atoms with van der Waals surface area (Å²) in [4.78, 5) is 12.5. The van der Waals surface area contributed by atoms with Gasteiger partial charge in [-0.2, -0.15) is 0 Å². The molecule has 7 heteroatoms. The number of benzene rings is 3. The molecular formula is C28H30N4O2S. The minimum Gasteiger partial charge on any atom is -0.376 e. The van der Waals surface area contributed by atoms with Gasteiger partial charge in [-0.05, 0) is 54.7 Å². The fourth-order valence-electron chi connectivity index (χ4n) is 4.64. The topological polar surface area (TPSA) is 69.0 Å². The first-order chi connectivity index (χ1) is 17.1. The fourth-order valence-corrected chi connectivity index (χ4v) is 5.43. The van der Waals surface area contributed by atoms with E-state index in [2.05, 4.69) is 94.6 Å². The van der Waals surface area contributed by atoms with E-state index in [0.29, 0.717) is 13.0 Å². The summed E-state index contributed by atoms with van der Waals surface area (Å²) in [6.07, 6.45) is 2.85. The van der Waals surface area contributed by atoms with Crippen molar-refractivity contribution in [1.29, 1.82) is 0 Å². The highest BCUT2D eigenvalue weighted by atomic mass is 32.2. The lowest BCUT2D eigenvalue weighted by atomic mass is 10.0. The van der Waals surface area contributed by atoms with Gasteiger partial charge in [0.2, 0.25) is 5.91 Å². The first-order valence-corrected chi connectivity index (χ1v) is 13.1. The summed E-state index contributed by atoms with van der Waals surface area (Å²) in [5.41, 5.74) is 4.59. The monoisotopic (exact) mass is 486 g/mol. The van der Waals surface area contributed by atoms with E-state index in [0.717, 1.165) is 41.7 Å². The van der Waals surface area contributed by atoms with Crippen LogP contribution in [-0.4, -0.2) is 45.7 Å². The van der Waals surface area contributed by atoms with E-state index in [1.54, 1.807) is 0 Å². The second-order valence-electron chi connectivity index (χ2n) is 9.07. The van der Waals surface area contributed by atoms with Gasteiger partial charge >= 0.3 is 0 Å². The number of hydrogen-bond acceptors (Lipinski definition) is 5. The van der Waals surface area contributed by atoms with Crippen LogP contribution in [0.5, 0.6) is 0 Å². The maximum Gasteiger partial charge on any atom is 0.230 e. The Balaban J connectivity index is 1.42. The van der Waals surface area contributed by atoms with Crippen LogP contribution < -0.4 is 5.32 Å². The molecule has 1 aliphatic heterocycles. The predicted molar refractivity (Wildman–Crippen MR) is 140 cm³/mol. The van der Waals surface area contributed by atoms with Crippen molar-refractivity contribution in [3.05, 3.63) is 83.2 Å². The fraction of sp³-hybridized carbons (Fsp3) is 0.321. The van der Waals surface area contributed by atoms with Gasteiger partial charge in [0, 0.05) is 19.6 Å². The SMILES string of the molecule is Cc1ccc(-n2c(Cc3cccc4ccccc34)nnc2SCC(=O)NCC2CCCO2)c(C)c1. The van der Waals surface area contributed by atoms with E-state index in [1.165, 1.54) is 33.7 Å². The number of nitrogens with zero attached hydrogens (tertiary/aromatic N) is 3. The Bertz CT molecular complexity index is 1340. The molecule has 1 saturated heterocycles. The van der Waals surface area contributed by atoms with Gasteiger partial charge in [0.05, 0.1) is 17.5 Å². The van der Waals surface area contributed by atoms with Gasteiger partial charge < -0.3 is 10.1 Å². The van der Waals surface area contributed by atoms with Gasteiger partial charge in [0.15, 0.2) is 5.16 Å². The van der Waals surface area contributed by atoms with Gasteiger partial charge in [0.1, 0.15) is 5.82 Å². The summed E-state index contributed by atoms with van der Waals surface area (Å²) in [6.45, 7) is 5.55. The molecule has 1 unspecified atom stereocenters. The molecule has 1 aromatic heterocycles. The summed E-state index contributed by atoms with van der Waals surface area (Å²) in [6, 6.07) is 21.2. The summed E-state index contributed by atoms with van der Waals surface area (Å²) >= 11 is 1.42. The average Bonchev–Trinajstić information content (AvgIpc) is 3.52. The second-order valence-corrected chi connectivity index (χ2v) is 10.0. The molecule has 5 rings (SSSR count). The molecule has 0 bridgehead atoms. The van der Waals surface area contributed by atoms with Gasteiger partial charge in [-0.25, -0.2) is 0 Å². The molecule has 0 spiro atoms. The molecule has 6 nitrogen and oxygen atoms in total. The van der Waals surface area contributed by atoms with Crippen LogP contribution in [0.4, 0.5) is 0 Å². The van der Waals surface area contributed by atoms with E-state index < -0.39 is 0 Å². The Kier molecular flexibility index (Phi) is 7.16. The van der Waals surface area contributed by atoms with Crippen LogP contribution in [-0.2, 0) is 16.0 Å². The van der Waals surface area contributed by atoms with Crippen molar-refractivity contribution in [1.82, 2.24) is 20.1 Å². The van der Waals surface area contributed by atoms with Crippen LogP contribution in [0.3, 0.4) is 0 Å². The van der Waals surface area contributed by atoms with Crippen LogP contribution in [0.15, 0.2) is 65.8 Å². The molecule has 1 atom stereocenters. The number of rotatable bonds is 8. The molecule has 2 heterocycles. The largest absolute Gasteiger partial charge is 0.376 e. The Morgan fingerprint density at radius 2 is 1.97 bits per heavy atom. The van der Waals surface area contributed by atoms with Gasteiger partial charge in [-0.3, -0.25) is 9.36 Å². The Morgan fingerprint density at radius 1 is 1.11 bits per heavy atom. The molecule has 35 heavy (non-hydrogen) atoms. The van der Waals surface area contributed by atoms with Crippen molar-refractivity contribution in [3.8, 4) is 5.69 Å². The summed E-state index contributed by atoms with van der Waals surface area (Å²) in [5.74, 6) is 1.12. The number of ether oxygens (including phenoxy) is 1. The van der Waals surface area contributed by atoms with Gasteiger partial charge in [-0.15, -0.1) is 10.2 Å². The van der Waals surface area contributed by atoms with E-state index >= 15 is 0 Å². The number of hydrogen-bond donors (Lipinski definition) is 1. The second kappa shape index (κ2) is 10.6. The molecule has 0 aliphatic carbocycles. The third-order valence-electron chi connectivity index (χ3n) is 6.41. The van der Waals surface area contributed by atoms with Crippen LogP contribution in [0, 0.1) is 13.8 Å². The molecule has 3 aromatic carbocycles. The number of thioether (sulfide) groups is 1. The molecule has 4 aromatic rings. The number of carbonyl (C=O) groups is 1. The highest BCUT2D eigenvalue weighted by Crippen LogP contribution is 2.28. The molecule has 0 radical (unpaired) electrons. The molecule has 0 saturated carbocycles. The van der Waals surface area contributed by atoms with Crippen molar-refractivity contribution in [2.24, 2.45) is 0 Å². The van der Waals surface area contributed by atoms with Crippen LogP contribution >= 0.6 is 11.8 Å². The first-order valence-electron chi connectivity index (χ1n) is 12.1. The van der Waals surface area contributed by atoms with Crippen molar-refractivity contribution in [2.45, 2.75) is 44.4 Å². The molecular weight excluding hydrogens is 456 g/mol. The molecule has 1 aliphatic rings. The number of nitrogens with one attached hydrogen (secondary N) is 1. The van der Waals surface area contributed by atoms with E-state index in [4.69, 9.17) is 4.74 Å². The molecule has 180 valence electrons. The zero-order chi connectivity index (χ0) is 24.2. The first kappa shape index (κ1) is 23.6. The third-order valence-corrected chi connectivity index (χ3v) is 7.33. The maximum absolute atomic E-state index is 12.5. The van der Waals surface area contributed by atoms with E-state index in [9.17, 15) is 4.79 Å². The van der Waals surface area contributed by atoms with Crippen molar-refractivity contribution in [3.63, 3.8) is 0 Å². The minimum atomic E-state index is -0.0173. The average molecular weight is 487 g/mol. The molecule has 1 fully saturated rings. The molecule has 1 amide bonds. The number of aromatic nitrogens is 3. The summed E-state index contributed by atoms with van der Waals surface area (Å²) in [7, 11) is 0. The van der Waals surface area contributed by atoms with Crippen LogP contribution in [0.2, 0.25) is 0 Å². The highest BCUT2D eigenvalue weighted by Gasteiger charge is 2.20. The van der Waals surface area contributed by atoms with E-state index in [-0.39, 0.29) is 17.8 Å². The zero-order valence-electron chi connectivity index (χ0n) is 20.2. The van der Waals surface area contributed by atoms with Crippen molar-refractivity contribution >= 4 is 28.4 Å². The third kappa shape index (κ3) is 5.41. The highest BCUT2D eigenvalue weighted by molar-refractivity contribution is 7.99. The Labute approximate surface area is 210 Å². The minimum absolute atomic E-state index is 0.0173. The lowest BCUT2D eigenvalue weighted by Crippen LogP contribution is -2.32.